The minimum Gasteiger partial charge on any atom is -0.507 e. The van der Waals surface area contributed by atoms with Crippen LogP contribution in [0, 0.1) is 3.57 Å². The summed E-state index contributed by atoms with van der Waals surface area (Å²) in [5.74, 6) is -0.124. The Morgan fingerprint density at radius 1 is 1.30 bits per heavy atom. The lowest BCUT2D eigenvalue weighted by molar-refractivity contribution is 0.0939. The van der Waals surface area contributed by atoms with E-state index in [1.54, 1.807) is 18.2 Å². The number of nitrogens with one attached hydrogen (secondary N) is 1. The van der Waals surface area contributed by atoms with Crippen molar-refractivity contribution in [2.75, 3.05) is 5.73 Å². The number of carbonyl (C=O) groups excluding carboxylic acids is 1. The van der Waals surface area contributed by atoms with Crippen LogP contribution in [0.4, 0.5) is 5.69 Å². The predicted octanol–water partition coefficient (Wildman–Crippen LogP) is 3.07. The second-order valence-electron chi connectivity index (χ2n) is 4.53. The van der Waals surface area contributed by atoms with Crippen molar-refractivity contribution in [3.8, 4) is 5.75 Å². The van der Waals surface area contributed by atoms with Crippen molar-refractivity contribution < 1.29 is 9.90 Å². The van der Waals surface area contributed by atoms with Crippen LogP contribution in [0.2, 0.25) is 0 Å². The van der Waals surface area contributed by atoms with E-state index in [1.165, 1.54) is 6.07 Å². The number of amides is 1. The van der Waals surface area contributed by atoms with Gasteiger partial charge in [-0.3, -0.25) is 4.79 Å². The Bertz CT molecular complexity index is 644. The molecular weight excluding hydrogens is 367 g/mol. The molecule has 4 N–H and O–H groups in total. The maximum atomic E-state index is 12.1. The Balaban J connectivity index is 2.13. The lowest BCUT2D eigenvalue weighted by atomic mass is 10.1. The van der Waals surface area contributed by atoms with Gasteiger partial charge in [0.1, 0.15) is 5.75 Å². The van der Waals surface area contributed by atoms with Crippen LogP contribution in [-0.2, 0) is 0 Å². The van der Waals surface area contributed by atoms with Crippen molar-refractivity contribution in [1.82, 2.24) is 5.32 Å². The van der Waals surface area contributed by atoms with E-state index in [0.717, 1.165) is 5.56 Å². The van der Waals surface area contributed by atoms with Gasteiger partial charge < -0.3 is 16.2 Å². The average molecular weight is 382 g/mol. The van der Waals surface area contributed by atoms with Gasteiger partial charge in [-0.1, -0.05) is 12.1 Å². The first kappa shape index (κ1) is 14.6. The summed E-state index contributed by atoms with van der Waals surface area (Å²) in [5, 5.41) is 12.5. The van der Waals surface area contributed by atoms with Crippen molar-refractivity contribution in [2.24, 2.45) is 0 Å². The van der Waals surface area contributed by atoms with E-state index in [0.29, 0.717) is 14.8 Å². The standard InChI is InChI=1S/C15H15IN2O2/c1-9(10-3-2-4-12(17)7-10)18-15(20)11-5-6-13(16)14(19)8-11/h2-9,19H,17H2,1H3,(H,18,20). The van der Waals surface area contributed by atoms with Crippen LogP contribution in [0.15, 0.2) is 42.5 Å². The molecule has 104 valence electrons. The van der Waals surface area contributed by atoms with Gasteiger partial charge in [0.25, 0.3) is 5.91 Å². The highest BCUT2D eigenvalue weighted by molar-refractivity contribution is 14.1. The number of rotatable bonds is 3. The molecule has 2 aromatic carbocycles. The molecule has 0 aliphatic heterocycles. The normalized spacial score (nSPS) is 11.9. The number of anilines is 1. The lowest BCUT2D eigenvalue weighted by Gasteiger charge is -2.15. The lowest BCUT2D eigenvalue weighted by Crippen LogP contribution is -2.26. The summed E-state index contributed by atoms with van der Waals surface area (Å²) in [6, 6.07) is 12.1. The number of halogens is 1. The monoisotopic (exact) mass is 382 g/mol. The Kier molecular flexibility index (Phi) is 4.49. The fourth-order valence-corrected chi connectivity index (χ4v) is 2.18. The Morgan fingerprint density at radius 3 is 2.70 bits per heavy atom. The van der Waals surface area contributed by atoms with Gasteiger partial charge in [-0.2, -0.15) is 0 Å². The highest BCUT2D eigenvalue weighted by atomic mass is 127. The Labute approximate surface area is 131 Å². The third-order valence-electron chi connectivity index (χ3n) is 2.97. The zero-order valence-electron chi connectivity index (χ0n) is 10.9. The maximum Gasteiger partial charge on any atom is 0.251 e. The molecule has 1 atom stereocenters. The molecule has 5 heteroatoms. The molecule has 0 heterocycles. The maximum absolute atomic E-state index is 12.1. The van der Waals surface area contributed by atoms with Gasteiger partial charge in [0.2, 0.25) is 0 Å². The van der Waals surface area contributed by atoms with Crippen LogP contribution >= 0.6 is 22.6 Å². The molecule has 2 rings (SSSR count). The van der Waals surface area contributed by atoms with E-state index < -0.39 is 0 Å². The van der Waals surface area contributed by atoms with E-state index in [1.807, 2.05) is 47.7 Å². The second kappa shape index (κ2) is 6.13. The van der Waals surface area contributed by atoms with Crippen LogP contribution in [0.3, 0.4) is 0 Å². The minimum absolute atomic E-state index is 0.106. The molecule has 4 nitrogen and oxygen atoms in total. The van der Waals surface area contributed by atoms with Crippen molar-refractivity contribution in [2.45, 2.75) is 13.0 Å². The first-order valence-electron chi connectivity index (χ1n) is 6.12. The van der Waals surface area contributed by atoms with Crippen molar-refractivity contribution in [3.05, 3.63) is 57.2 Å². The smallest absolute Gasteiger partial charge is 0.251 e. The van der Waals surface area contributed by atoms with E-state index in [2.05, 4.69) is 5.32 Å². The van der Waals surface area contributed by atoms with Crippen LogP contribution in [0.5, 0.6) is 5.75 Å². The minimum atomic E-state index is -0.230. The van der Waals surface area contributed by atoms with Crippen molar-refractivity contribution >= 4 is 34.2 Å². The fraction of sp³-hybridized carbons (Fsp3) is 0.133. The summed E-state index contributed by atoms with van der Waals surface area (Å²) in [4.78, 5) is 12.1. The van der Waals surface area contributed by atoms with Gasteiger partial charge in [0.15, 0.2) is 0 Å². The largest absolute Gasteiger partial charge is 0.507 e. The quantitative estimate of drug-likeness (QED) is 0.564. The van der Waals surface area contributed by atoms with Crippen molar-refractivity contribution in [3.63, 3.8) is 0 Å². The van der Waals surface area contributed by atoms with Crippen LogP contribution < -0.4 is 11.1 Å². The number of aromatic hydroxyl groups is 1. The molecule has 0 fully saturated rings. The summed E-state index contributed by atoms with van der Waals surface area (Å²) in [6.07, 6.45) is 0. The average Bonchev–Trinajstić information content (AvgIpc) is 2.41. The van der Waals surface area contributed by atoms with Crippen LogP contribution in [0.1, 0.15) is 28.9 Å². The third-order valence-corrected chi connectivity index (χ3v) is 3.88. The molecule has 0 radical (unpaired) electrons. The van der Waals surface area contributed by atoms with E-state index in [-0.39, 0.29) is 17.7 Å². The number of nitrogens with two attached hydrogens (primary N) is 1. The number of hydrogen-bond donors (Lipinski definition) is 3. The highest BCUT2D eigenvalue weighted by Crippen LogP contribution is 2.21. The molecule has 0 aliphatic rings. The van der Waals surface area contributed by atoms with E-state index in [4.69, 9.17) is 5.73 Å². The van der Waals surface area contributed by atoms with E-state index >= 15 is 0 Å². The number of benzene rings is 2. The molecule has 0 spiro atoms. The molecule has 0 aromatic heterocycles. The molecule has 0 aliphatic carbocycles. The van der Waals surface area contributed by atoms with Crippen LogP contribution in [0.25, 0.3) is 0 Å². The number of phenolic OH excluding ortho intramolecular Hbond substituents is 1. The number of carbonyl (C=O) groups is 1. The topological polar surface area (TPSA) is 75.3 Å². The van der Waals surface area contributed by atoms with Gasteiger partial charge in [-0.15, -0.1) is 0 Å². The van der Waals surface area contributed by atoms with Gasteiger partial charge >= 0.3 is 0 Å². The summed E-state index contributed by atoms with van der Waals surface area (Å²) in [6.45, 7) is 1.89. The Hall–Kier alpha value is -1.76. The van der Waals surface area contributed by atoms with Crippen LogP contribution in [-0.4, -0.2) is 11.0 Å². The molecule has 0 bridgehead atoms. The van der Waals surface area contributed by atoms with E-state index in [9.17, 15) is 9.90 Å². The molecule has 0 saturated carbocycles. The molecular formula is C15H15IN2O2. The summed E-state index contributed by atoms with van der Waals surface area (Å²) < 4.78 is 0.711. The molecule has 20 heavy (non-hydrogen) atoms. The second-order valence-corrected chi connectivity index (χ2v) is 5.69. The number of hydrogen-bond acceptors (Lipinski definition) is 3. The predicted molar refractivity (Wildman–Crippen MR) is 87.6 cm³/mol. The Morgan fingerprint density at radius 2 is 2.05 bits per heavy atom. The third kappa shape index (κ3) is 3.41. The molecule has 2 aromatic rings. The summed E-state index contributed by atoms with van der Waals surface area (Å²) in [5.41, 5.74) is 7.76. The summed E-state index contributed by atoms with van der Waals surface area (Å²) >= 11 is 2.01. The number of phenols is 1. The molecule has 0 saturated heterocycles. The molecule has 1 unspecified atom stereocenters. The van der Waals surface area contributed by atoms with Gasteiger partial charge in [-0.25, -0.2) is 0 Å². The van der Waals surface area contributed by atoms with Crippen molar-refractivity contribution in [1.29, 1.82) is 0 Å². The highest BCUT2D eigenvalue weighted by Gasteiger charge is 2.12. The first-order chi connectivity index (χ1) is 9.47. The zero-order valence-corrected chi connectivity index (χ0v) is 13.1. The molecule has 1 amide bonds. The zero-order chi connectivity index (χ0) is 14.7. The fourth-order valence-electron chi connectivity index (χ4n) is 1.85. The number of nitrogen functional groups attached to an aromatic ring is 1. The SMILES string of the molecule is CC(NC(=O)c1ccc(I)c(O)c1)c1cccc(N)c1. The van der Waals surface area contributed by atoms with Gasteiger partial charge in [0.05, 0.1) is 9.61 Å². The van der Waals surface area contributed by atoms with Gasteiger partial charge in [0, 0.05) is 11.3 Å². The first-order valence-corrected chi connectivity index (χ1v) is 7.20. The summed E-state index contributed by atoms with van der Waals surface area (Å²) in [7, 11) is 0. The van der Waals surface area contributed by atoms with Gasteiger partial charge in [-0.05, 0) is 65.4 Å².